The Kier molecular flexibility index (Phi) is 3.78. The lowest BCUT2D eigenvalue weighted by atomic mass is 10.0. The monoisotopic (exact) mass is 485 g/mol. The highest BCUT2D eigenvalue weighted by molar-refractivity contribution is 9.10. The predicted molar refractivity (Wildman–Crippen MR) is 115 cm³/mol. The molecule has 1 N–H and O–H groups in total. The van der Waals surface area contributed by atoms with E-state index >= 15 is 0 Å². The number of rotatable bonds is 1. The first kappa shape index (κ1) is 16.2. The molecule has 126 valence electrons. The summed E-state index contributed by atoms with van der Waals surface area (Å²) in [6.07, 6.45) is 1.67. The Hall–Kier alpha value is -1.95. The highest BCUT2D eigenvalue weighted by Gasteiger charge is 2.15. The summed E-state index contributed by atoms with van der Waals surface area (Å²) in [6, 6.07) is 16.3. The van der Waals surface area contributed by atoms with Crippen molar-refractivity contribution >= 4 is 76.0 Å². The molecule has 0 spiro atoms. The average Bonchev–Trinajstić information content (AvgIpc) is 3.07. The summed E-state index contributed by atoms with van der Waals surface area (Å²) in [5.74, 6) is 0.720. The molecule has 0 aliphatic carbocycles. The maximum absolute atomic E-state index is 6.28. The number of aromatic amines is 1. The van der Waals surface area contributed by atoms with Gasteiger partial charge in [-0.15, -0.1) is 0 Å². The second-order valence-electron chi connectivity index (χ2n) is 6.03. The highest BCUT2D eigenvalue weighted by Crippen LogP contribution is 2.38. The molecular formula is C20H10Br2ClN3. The molecule has 3 nitrogen and oxygen atoms in total. The summed E-state index contributed by atoms with van der Waals surface area (Å²) in [4.78, 5) is 12.5. The molecule has 0 bridgehead atoms. The van der Waals surface area contributed by atoms with Crippen LogP contribution in [0.5, 0.6) is 0 Å². The molecule has 0 radical (unpaired) electrons. The van der Waals surface area contributed by atoms with Crippen molar-refractivity contribution in [2.75, 3.05) is 0 Å². The van der Waals surface area contributed by atoms with Gasteiger partial charge in [0.05, 0.1) is 16.6 Å². The van der Waals surface area contributed by atoms with Crippen LogP contribution in [0.4, 0.5) is 0 Å². The van der Waals surface area contributed by atoms with Crippen LogP contribution in [0.2, 0.25) is 5.15 Å². The van der Waals surface area contributed by atoms with Crippen molar-refractivity contribution in [3.63, 3.8) is 0 Å². The first-order valence-corrected chi connectivity index (χ1v) is 9.89. The fraction of sp³-hybridized carbons (Fsp3) is 0. The number of fused-ring (bicyclic) bond motifs is 6. The fourth-order valence-electron chi connectivity index (χ4n) is 3.36. The Morgan fingerprint density at radius 1 is 0.846 bits per heavy atom. The van der Waals surface area contributed by atoms with E-state index in [4.69, 9.17) is 16.6 Å². The molecule has 3 aromatic carbocycles. The zero-order valence-corrected chi connectivity index (χ0v) is 17.2. The molecule has 26 heavy (non-hydrogen) atoms. The van der Waals surface area contributed by atoms with Gasteiger partial charge in [0.1, 0.15) is 11.0 Å². The van der Waals surface area contributed by atoms with Crippen LogP contribution < -0.4 is 0 Å². The van der Waals surface area contributed by atoms with Gasteiger partial charge in [0.2, 0.25) is 0 Å². The van der Waals surface area contributed by atoms with Crippen LogP contribution in [0.1, 0.15) is 0 Å². The van der Waals surface area contributed by atoms with Gasteiger partial charge in [0, 0.05) is 25.9 Å². The lowest BCUT2D eigenvalue weighted by Gasteiger charge is -2.07. The van der Waals surface area contributed by atoms with Crippen LogP contribution >= 0.6 is 43.5 Å². The van der Waals surface area contributed by atoms with Gasteiger partial charge in [0.25, 0.3) is 0 Å². The average molecular weight is 488 g/mol. The Balaban J connectivity index is 1.98. The van der Waals surface area contributed by atoms with Gasteiger partial charge in [-0.3, -0.25) is 0 Å². The van der Waals surface area contributed by atoms with E-state index in [9.17, 15) is 0 Å². The maximum Gasteiger partial charge on any atom is 0.141 e. The number of aromatic nitrogens is 3. The third-order valence-corrected chi connectivity index (χ3v) is 5.78. The fourth-order valence-corrected chi connectivity index (χ4v) is 4.29. The molecule has 2 heterocycles. The molecule has 0 fully saturated rings. The van der Waals surface area contributed by atoms with Crippen molar-refractivity contribution in [2.24, 2.45) is 0 Å². The maximum atomic E-state index is 6.28. The van der Waals surface area contributed by atoms with E-state index in [1.165, 1.54) is 0 Å². The number of halogens is 3. The van der Waals surface area contributed by atoms with Gasteiger partial charge in [-0.1, -0.05) is 55.6 Å². The number of hydrogen-bond donors (Lipinski definition) is 1. The van der Waals surface area contributed by atoms with E-state index in [0.717, 1.165) is 52.9 Å². The normalized spacial score (nSPS) is 11.7. The quantitative estimate of drug-likeness (QED) is 0.202. The van der Waals surface area contributed by atoms with Crippen molar-refractivity contribution in [1.29, 1.82) is 0 Å². The van der Waals surface area contributed by atoms with Gasteiger partial charge >= 0.3 is 0 Å². The van der Waals surface area contributed by atoms with Crippen LogP contribution in [0.25, 0.3) is 44.0 Å². The van der Waals surface area contributed by atoms with Gasteiger partial charge in [-0.25, -0.2) is 9.97 Å². The molecule has 0 saturated carbocycles. The SMILES string of the molecule is Clc1ncccc1-c1nc2c3ccc(Br)cc3c3cc(Br)ccc3c2[nH]1. The summed E-state index contributed by atoms with van der Waals surface area (Å²) in [5, 5.41) is 4.96. The summed E-state index contributed by atoms with van der Waals surface area (Å²) in [7, 11) is 0. The van der Waals surface area contributed by atoms with E-state index in [0.29, 0.717) is 5.15 Å². The Morgan fingerprint density at radius 3 is 2.27 bits per heavy atom. The van der Waals surface area contributed by atoms with Gasteiger partial charge in [0.15, 0.2) is 0 Å². The number of H-pyrrole nitrogens is 1. The lowest BCUT2D eigenvalue weighted by molar-refractivity contribution is 1.27. The highest BCUT2D eigenvalue weighted by atomic mass is 79.9. The van der Waals surface area contributed by atoms with Crippen molar-refractivity contribution in [2.45, 2.75) is 0 Å². The number of hydrogen-bond acceptors (Lipinski definition) is 2. The minimum atomic E-state index is 0.436. The van der Waals surface area contributed by atoms with Crippen LogP contribution in [0, 0.1) is 0 Å². The van der Waals surface area contributed by atoms with E-state index in [2.05, 4.69) is 66.1 Å². The van der Waals surface area contributed by atoms with E-state index in [1.54, 1.807) is 6.20 Å². The molecule has 0 unspecified atom stereocenters. The second-order valence-corrected chi connectivity index (χ2v) is 8.22. The standard InChI is InChI=1S/C20H10Br2ClN3/c21-10-3-5-12-15(8-10)16-9-11(22)4-6-13(16)18-17(12)25-20(26-18)14-2-1-7-24-19(14)23/h1-9H,(H,25,26). The Bertz CT molecular complexity index is 1250. The van der Waals surface area contributed by atoms with Crippen LogP contribution in [0.15, 0.2) is 63.7 Å². The third kappa shape index (κ3) is 2.46. The van der Waals surface area contributed by atoms with Crippen LogP contribution in [-0.2, 0) is 0 Å². The zero-order chi connectivity index (χ0) is 17.8. The second kappa shape index (κ2) is 6.05. The largest absolute Gasteiger partial charge is 0.337 e. The number of benzene rings is 3. The van der Waals surface area contributed by atoms with E-state index in [1.807, 2.05) is 24.3 Å². The number of imidazole rings is 1. The lowest BCUT2D eigenvalue weighted by Crippen LogP contribution is -1.84. The van der Waals surface area contributed by atoms with E-state index < -0.39 is 0 Å². The summed E-state index contributed by atoms with van der Waals surface area (Å²) < 4.78 is 2.08. The van der Waals surface area contributed by atoms with Crippen LogP contribution in [-0.4, -0.2) is 15.0 Å². The minimum Gasteiger partial charge on any atom is -0.337 e. The van der Waals surface area contributed by atoms with Crippen LogP contribution in [0.3, 0.4) is 0 Å². The minimum absolute atomic E-state index is 0.436. The summed E-state index contributed by atoms with van der Waals surface area (Å²) in [6.45, 7) is 0. The number of pyridine rings is 1. The van der Waals surface area contributed by atoms with Gasteiger partial charge < -0.3 is 4.98 Å². The molecule has 0 aliphatic heterocycles. The third-order valence-electron chi connectivity index (χ3n) is 4.50. The van der Waals surface area contributed by atoms with Gasteiger partial charge in [-0.05, 0) is 47.2 Å². The predicted octanol–water partition coefficient (Wildman–Crippen LogP) is 7.11. The Labute approximate surface area is 170 Å². The smallest absolute Gasteiger partial charge is 0.141 e. The molecule has 5 aromatic rings. The number of nitrogens with zero attached hydrogens (tertiary/aromatic N) is 2. The van der Waals surface area contributed by atoms with E-state index in [-0.39, 0.29) is 0 Å². The molecule has 0 saturated heterocycles. The first-order chi connectivity index (χ1) is 12.6. The first-order valence-electron chi connectivity index (χ1n) is 7.93. The van der Waals surface area contributed by atoms with Gasteiger partial charge in [-0.2, -0.15) is 0 Å². The van der Waals surface area contributed by atoms with Crippen molar-refractivity contribution in [3.05, 3.63) is 68.8 Å². The summed E-state index contributed by atoms with van der Waals surface area (Å²) in [5.41, 5.74) is 2.72. The molecule has 0 amide bonds. The molecule has 6 heteroatoms. The van der Waals surface area contributed by atoms with Crippen molar-refractivity contribution in [1.82, 2.24) is 15.0 Å². The summed E-state index contributed by atoms with van der Waals surface area (Å²) >= 11 is 13.5. The molecular weight excluding hydrogens is 478 g/mol. The molecule has 5 rings (SSSR count). The molecule has 0 aliphatic rings. The Morgan fingerprint density at radius 2 is 1.54 bits per heavy atom. The molecule has 2 aromatic heterocycles. The number of nitrogens with one attached hydrogen (secondary N) is 1. The topological polar surface area (TPSA) is 41.6 Å². The zero-order valence-electron chi connectivity index (χ0n) is 13.2. The van der Waals surface area contributed by atoms with Crippen molar-refractivity contribution in [3.8, 4) is 11.4 Å². The molecule has 0 atom stereocenters. The van der Waals surface area contributed by atoms with Crippen molar-refractivity contribution < 1.29 is 0 Å².